The van der Waals surface area contributed by atoms with Crippen molar-refractivity contribution in [2.75, 3.05) is 25.1 Å². The summed E-state index contributed by atoms with van der Waals surface area (Å²) in [5.74, 6) is 2.25. The van der Waals surface area contributed by atoms with E-state index in [1.54, 1.807) is 12.3 Å². The highest BCUT2D eigenvalue weighted by atomic mass is 35.5. The zero-order valence-electron chi connectivity index (χ0n) is 11.2. The molecule has 1 aromatic carbocycles. The molecule has 1 aliphatic rings. The van der Waals surface area contributed by atoms with E-state index >= 15 is 0 Å². The van der Waals surface area contributed by atoms with Gasteiger partial charge in [0.05, 0.1) is 10.0 Å². The molecule has 0 spiro atoms. The minimum absolute atomic E-state index is 0.518. The number of rotatable bonds is 4. The molecule has 0 fully saturated rings. The molecule has 0 amide bonds. The van der Waals surface area contributed by atoms with Crippen molar-refractivity contribution < 1.29 is 9.47 Å². The average Bonchev–Trinajstić information content (AvgIpc) is 2.49. The summed E-state index contributed by atoms with van der Waals surface area (Å²) >= 11 is 11.9. The lowest BCUT2D eigenvalue weighted by atomic mass is 10.1. The highest BCUT2D eigenvalue weighted by Crippen LogP contribution is 2.31. The van der Waals surface area contributed by atoms with Gasteiger partial charge in [0.2, 0.25) is 0 Å². The molecule has 3 rings (SSSR count). The Hall–Kier alpha value is -1.65. The van der Waals surface area contributed by atoms with Crippen LogP contribution in [0.2, 0.25) is 10.0 Å². The second-order valence-corrected chi connectivity index (χ2v) is 5.48. The number of ether oxygens (including phenoxy) is 2. The molecule has 0 saturated carbocycles. The molecule has 0 saturated heterocycles. The molecule has 0 unspecified atom stereocenters. The monoisotopic (exact) mass is 324 g/mol. The third kappa shape index (κ3) is 3.52. The lowest BCUT2D eigenvalue weighted by Crippen LogP contribution is -2.15. The summed E-state index contributed by atoms with van der Waals surface area (Å²) < 4.78 is 11.1. The minimum atomic E-state index is 0.518. The van der Waals surface area contributed by atoms with Crippen LogP contribution in [0.25, 0.3) is 0 Å². The Kier molecular flexibility index (Phi) is 4.36. The van der Waals surface area contributed by atoms with Gasteiger partial charge in [-0.2, -0.15) is 0 Å². The van der Waals surface area contributed by atoms with E-state index in [1.807, 2.05) is 18.2 Å². The Bertz CT molecular complexity index is 650. The number of pyridine rings is 1. The number of fused-ring (bicyclic) bond motifs is 1. The van der Waals surface area contributed by atoms with Gasteiger partial charge < -0.3 is 14.8 Å². The number of aromatic nitrogens is 1. The van der Waals surface area contributed by atoms with E-state index in [0.717, 1.165) is 23.5 Å². The number of halogens is 2. The Labute approximate surface area is 133 Å². The zero-order valence-corrected chi connectivity index (χ0v) is 12.7. The van der Waals surface area contributed by atoms with Crippen molar-refractivity contribution in [2.45, 2.75) is 6.42 Å². The molecule has 2 aromatic rings. The predicted molar refractivity (Wildman–Crippen MR) is 83.9 cm³/mol. The fourth-order valence-electron chi connectivity index (χ4n) is 2.11. The van der Waals surface area contributed by atoms with E-state index in [0.29, 0.717) is 35.6 Å². The summed E-state index contributed by atoms with van der Waals surface area (Å²) in [7, 11) is 0. The Balaban J connectivity index is 1.60. The molecule has 1 aromatic heterocycles. The number of nitrogens with zero attached hydrogens (tertiary/aromatic N) is 1. The van der Waals surface area contributed by atoms with Crippen LogP contribution in [0.3, 0.4) is 0 Å². The molecule has 21 heavy (non-hydrogen) atoms. The van der Waals surface area contributed by atoms with Gasteiger partial charge in [0.25, 0.3) is 0 Å². The van der Waals surface area contributed by atoms with Gasteiger partial charge in [0.1, 0.15) is 19.0 Å². The summed E-state index contributed by atoms with van der Waals surface area (Å²) in [6.07, 6.45) is 2.40. The zero-order chi connectivity index (χ0) is 14.7. The minimum Gasteiger partial charge on any atom is -0.486 e. The smallest absolute Gasteiger partial charge is 0.161 e. The quantitative estimate of drug-likeness (QED) is 0.928. The van der Waals surface area contributed by atoms with Crippen LogP contribution in [0.4, 0.5) is 5.82 Å². The second-order valence-electron chi connectivity index (χ2n) is 4.64. The molecule has 0 aliphatic carbocycles. The molecular weight excluding hydrogens is 311 g/mol. The largest absolute Gasteiger partial charge is 0.486 e. The van der Waals surface area contributed by atoms with Gasteiger partial charge in [-0.05, 0) is 30.2 Å². The van der Waals surface area contributed by atoms with Gasteiger partial charge >= 0.3 is 0 Å². The van der Waals surface area contributed by atoms with Crippen molar-refractivity contribution in [1.82, 2.24) is 4.98 Å². The maximum Gasteiger partial charge on any atom is 0.161 e. The van der Waals surface area contributed by atoms with E-state index in [1.165, 1.54) is 0 Å². The fraction of sp³-hybridized carbons (Fsp3) is 0.267. The highest BCUT2D eigenvalue weighted by Gasteiger charge is 2.11. The summed E-state index contributed by atoms with van der Waals surface area (Å²) in [4.78, 5) is 4.16. The normalized spacial score (nSPS) is 13.0. The Morgan fingerprint density at radius 1 is 1.10 bits per heavy atom. The van der Waals surface area contributed by atoms with E-state index in [4.69, 9.17) is 32.7 Å². The van der Waals surface area contributed by atoms with Crippen LogP contribution in [-0.4, -0.2) is 24.7 Å². The number of anilines is 1. The van der Waals surface area contributed by atoms with E-state index in [9.17, 15) is 0 Å². The van der Waals surface area contributed by atoms with Gasteiger partial charge in [-0.3, -0.25) is 0 Å². The summed E-state index contributed by atoms with van der Waals surface area (Å²) in [6, 6.07) is 7.65. The predicted octanol–water partition coefficient (Wildman–Crippen LogP) is 3.81. The summed E-state index contributed by atoms with van der Waals surface area (Å²) in [6.45, 7) is 1.92. The van der Waals surface area contributed by atoms with Gasteiger partial charge in [0.15, 0.2) is 11.5 Å². The summed E-state index contributed by atoms with van der Waals surface area (Å²) in [5, 5.41) is 4.24. The van der Waals surface area contributed by atoms with Crippen molar-refractivity contribution >= 4 is 29.0 Å². The number of nitrogens with one attached hydrogen (secondary N) is 1. The van der Waals surface area contributed by atoms with E-state index in [-0.39, 0.29) is 0 Å². The molecule has 2 heterocycles. The maximum atomic E-state index is 6.06. The average molecular weight is 325 g/mol. The third-order valence-electron chi connectivity index (χ3n) is 3.12. The number of hydrogen-bond acceptors (Lipinski definition) is 4. The van der Waals surface area contributed by atoms with E-state index in [2.05, 4.69) is 10.3 Å². The van der Waals surface area contributed by atoms with Crippen LogP contribution in [-0.2, 0) is 6.42 Å². The van der Waals surface area contributed by atoms with Crippen molar-refractivity contribution in [3.63, 3.8) is 0 Å². The fourth-order valence-corrected chi connectivity index (χ4v) is 2.56. The van der Waals surface area contributed by atoms with Gasteiger partial charge in [-0.25, -0.2) is 4.98 Å². The number of hydrogen-bond donors (Lipinski definition) is 1. The Morgan fingerprint density at radius 3 is 2.71 bits per heavy atom. The first-order chi connectivity index (χ1) is 10.2. The molecule has 0 radical (unpaired) electrons. The highest BCUT2D eigenvalue weighted by molar-refractivity contribution is 6.35. The molecular formula is C15H14Cl2N2O2. The standard InChI is InChI=1S/C15H14Cl2N2O2/c16-11-8-12(17)15(19-9-11)18-4-3-10-1-2-13-14(7-10)21-6-5-20-13/h1-2,7-9H,3-6H2,(H,18,19). The van der Waals surface area contributed by atoms with Crippen LogP contribution < -0.4 is 14.8 Å². The molecule has 1 N–H and O–H groups in total. The Morgan fingerprint density at radius 2 is 1.90 bits per heavy atom. The van der Waals surface area contributed by atoms with Crippen molar-refractivity contribution in [3.8, 4) is 11.5 Å². The molecule has 110 valence electrons. The maximum absolute atomic E-state index is 6.06. The van der Waals surface area contributed by atoms with Crippen LogP contribution in [0, 0.1) is 0 Å². The van der Waals surface area contributed by atoms with Gasteiger partial charge in [-0.1, -0.05) is 29.3 Å². The molecule has 4 nitrogen and oxygen atoms in total. The van der Waals surface area contributed by atoms with Crippen molar-refractivity contribution in [3.05, 3.63) is 46.1 Å². The van der Waals surface area contributed by atoms with Gasteiger partial charge in [0, 0.05) is 12.7 Å². The SMILES string of the molecule is Clc1cnc(NCCc2ccc3c(c2)OCCO3)c(Cl)c1. The van der Waals surface area contributed by atoms with Crippen molar-refractivity contribution in [2.24, 2.45) is 0 Å². The van der Waals surface area contributed by atoms with E-state index < -0.39 is 0 Å². The van der Waals surface area contributed by atoms with Crippen LogP contribution in [0.1, 0.15) is 5.56 Å². The molecule has 0 bridgehead atoms. The summed E-state index contributed by atoms with van der Waals surface area (Å²) in [5.41, 5.74) is 1.16. The topological polar surface area (TPSA) is 43.4 Å². The first-order valence-corrected chi connectivity index (χ1v) is 7.41. The van der Waals surface area contributed by atoms with Crippen LogP contribution in [0.15, 0.2) is 30.5 Å². The van der Waals surface area contributed by atoms with Gasteiger partial charge in [-0.15, -0.1) is 0 Å². The first-order valence-electron chi connectivity index (χ1n) is 6.66. The number of benzene rings is 1. The van der Waals surface area contributed by atoms with Crippen LogP contribution in [0.5, 0.6) is 11.5 Å². The van der Waals surface area contributed by atoms with Crippen molar-refractivity contribution in [1.29, 1.82) is 0 Å². The lowest BCUT2D eigenvalue weighted by Gasteiger charge is -2.19. The third-order valence-corrected chi connectivity index (χ3v) is 3.62. The molecule has 6 heteroatoms. The van der Waals surface area contributed by atoms with Crippen LogP contribution >= 0.6 is 23.2 Å². The first kappa shape index (κ1) is 14.3. The molecule has 0 atom stereocenters. The second kappa shape index (κ2) is 6.41. The lowest BCUT2D eigenvalue weighted by molar-refractivity contribution is 0.171. The molecule has 1 aliphatic heterocycles.